The predicted octanol–water partition coefficient (Wildman–Crippen LogP) is 10.4. The first kappa shape index (κ1) is 46.5. The van der Waals surface area contributed by atoms with Gasteiger partial charge in [-0.05, 0) is 44.9 Å². The van der Waals surface area contributed by atoms with Gasteiger partial charge in [0.1, 0.15) is 19.3 Å². The van der Waals surface area contributed by atoms with Crippen LogP contribution in [0.3, 0.4) is 0 Å². The molecule has 0 aromatic carbocycles. The zero-order chi connectivity index (χ0) is 35.6. The van der Waals surface area contributed by atoms with Crippen molar-refractivity contribution in [1.29, 1.82) is 0 Å². The average molecular weight is 699 g/mol. The molecule has 0 aliphatic carbocycles. The molecule has 0 bridgehead atoms. The molecule has 2 atom stereocenters. The van der Waals surface area contributed by atoms with E-state index in [2.05, 4.69) is 62.5 Å². The fourth-order valence-corrected chi connectivity index (χ4v) is 5.47. The molecule has 0 radical (unpaired) electrons. The summed E-state index contributed by atoms with van der Waals surface area (Å²) in [6, 6.07) is 0. The van der Waals surface area contributed by atoms with Gasteiger partial charge in [-0.1, -0.05) is 133 Å². The van der Waals surface area contributed by atoms with Crippen molar-refractivity contribution in [1.82, 2.24) is 0 Å². The number of phosphoric acid groups is 1. The van der Waals surface area contributed by atoms with E-state index in [0.29, 0.717) is 24.1 Å². The van der Waals surface area contributed by atoms with Crippen LogP contribution in [-0.4, -0.2) is 75.6 Å². The lowest BCUT2D eigenvalue weighted by molar-refractivity contribution is -0.870. The number of hydrogen-bond donors (Lipinski definition) is 1. The Kier molecular flexibility index (Phi) is 31.6. The van der Waals surface area contributed by atoms with Crippen LogP contribution < -0.4 is 0 Å². The van der Waals surface area contributed by atoms with E-state index < -0.39 is 13.9 Å². The lowest BCUT2D eigenvalue weighted by atomic mass is 10.0. The Morgan fingerprint density at radius 3 is 1.73 bits per heavy atom. The Morgan fingerprint density at radius 2 is 1.19 bits per heavy atom. The molecule has 0 aliphatic heterocycles. The zero-order valence-corrected chi connectivity index (χ0v) is 32.4. The number of carbonyl (C=O) groups is 1. The van der Waals surface area contributed by atoms with Gasteiger partial charge < -0.3 is 18.9 Å². The maximum Gasteiger partial charge on any atom is 0.472 e. The molecule has 48 heavy (non-hydrogen) atoms. The second kappa shape index (κ2) is 32.7. The van der Waals surface area contributed by atoms with Gasteiger partial charge in [0, 0.05) is 13.0 Å². The summed E-state index contributed by atoms with van der Waals surface area (Å²) in [6.45, 7) is 5.33. The molecular weight excluding hydrogens is 625 g/mol. The summed E-state index contributed by atoms with van der Waals surface area (Å²) in [5, 5.41) is 0. The van der Waals surface area contributed by atoms with Crippen molar-refractivity contribution in [3.8, 4) is 0 Å². The first-order chi connectivity index (χ1) is 23.1. The topological polar surface area (TPSA) is 91.3 Å². The number of rotatable bonds is 34. The van der Waals surface area contributed by atoms with Crippen LogP contribution >= 0.6 is 7.82 Å². The van der Waals surface area contributed by atoms with Gasteiger partial charge in [0.05, 0.1) is 34.4 Å². The summed E-state index contributed by atoms with van der Waals surface area (Å²) in [4.78, 5) is 22.7. The smallest absolute Gasteiger partial charge is 0.457 e. The fourth-order valence-electron chi connectivity index (χ4n) is 4.73. The van der Waals surface area contributed by atoms with Crippen LogP contribution in [-0.2, 0) is 27.9 Å². The summed E-state index contributed by atoms with van der Waals surface area (Å²) in [6.07, 6.45) is 37.2. The van der Waals surface area contributed by atoms with Crippen molar-refractivity contribution in [3.05, 3.63) is 48.6 Å². The number of hydrogen-bond acceptors (Lipinski definition) is 6. The maximum atomic E-state index is 12.6. The van der Waals surface area contributed by atoms with Gasteiger partial charge in [-0.15, -0.1) is 0 Å². The Balaban J connectivity index is 4.41. The molecule has 0 fully saturated rings. The Morgan fingerprint density at radius 1 is 0.667 bits per heavy atom. The predicted molar refractivity (Wildman–Crippen MR) is 201 cm³/mol. The highest BCUT2D eigenvalue weighted by molar-refractivity contribution is 7.47. The molecule has 0 heterocycles. The summed E-state index contributed by atoms with van der Waals surface area (Å²) < 4.78 is 34.7. The molecule has 8 nitrogen and oxygen atoms in total. The molecular formula is C39H73NO7P+. The van der Waals surface area contributed by atoms with E-state index in [-0.39, 0.29) is 25.8 Å². The van der Waals surface area contributed by atoms with Gasteiger partial charge >= 0.3 is 13.8 Å². The van der Waals surface area contributed by atoms with Gasteiger partial charge in [-0.25, -0.2) is 4.57 Å². The normalized spacial score (nSPS) is 14.5. The SMILES string of the molecule is CC/C=C\C/C=C\C/C=C\C/C=C\CCCOCC(COP(=O)(O)OCC[N+](C)(C)C)OC(=O)CCCCCCCCCCCCCC. The van der Waals surface area contributed by atoms with Gasteiger partial charge in [-0.3, -0.25) is 13.8 Å². The molecule has 0 spiro atoms. The first-order valence-electron chi connectivity index (χ1n) is 18.9. The van der Waals surface area contributed by atoms with Crippen molar-refractivity contribution < 1.29 is 37.3 Å². The van der Waals surface area contributed by atoms with Crippen LogP contribution in [0.15, 0.2) is 48.6 Å². The number of allylic oxidation sites excluding steroid dienone is 8. The third kappa shape index (κ3) is 35.8. The zero-order valence-electron chi connectivity index (χ0n) is 31.5. The lowest BCUT2D eigenvalue weighted by Gasteiger charge is -2.24. The third-order valence-electron chi connectivity index (χ3n) is 7.65. The first-order valence-corrected chi connectivity index (χ1v) is 20.4. The highest BCUT2D eigenvalue weighted by Gasteiger charge is 2.26. The van der Waals surface area contributed by atoms with E-state index in [1.54, 1.807) is 0 Å². The van der Waals surface area contributed by atoms with E-state index in [9.17, 15) is 14.3 Å². The minimum Gasteiger partial charge on any atom is -0.457 e. The van der Waals surface area contributed by atoms with E-state index in [1.807, 2.05) is 21.1 Å². The number of nitrogens with zero attached hydrogens (tertiary/aromatic N) is 1. The molecule has 280 valence electrons. The molecule has 0 saturated carbocycles. The molecule has 0 rings (SSSR count). The number of quaternary nitrogens is 1. The Hall–Kier alpha value is -1.54. The minimum atomic E-state index is -4.28. The average Bonchev–Trinajstić information content (AvgIpc) is 3.03. The van der Waals surface area contributed by atoms with Crippen LogP contribution in [0.1, 0.15) is 136 Å². The van der Waals surface area contributed by atoms with Crippen LogP contribution in [0.2, 0.25) is 0 Å². The van der Waals surface area contributed by atoms with Crippen LogP contribution in [0, 0.1) is 0 Å². The number of unbranched alkanes of at least 4 members (excludes halogenated alkanes) is 12. The number of carbonyl (C=O) groups excluding carboxylic acids is 1. The molecule has 1 N–H and O–H groups in total. The highest BCUT2D eigenvalue weighted by atomic mass is 31.2. The number of likely N-dealkylation sites (N-methyl/N-ethyl adjacent to an activating group) is 1. The standard InChI is InChI=1S/C39H72NO7P/c1-6-8-10-12-14-16-18-20-21-23-25-27-29-31-34-44-36-38(37-46-48(42,43)45-35-33-40(3,4)5)47-39(41)32-30-28-26-24-22-19-17-15-13-11-9-7-2/h8,10,14,16,20-21,25,27,38H,6-7,9,11-13,15,17-19,22-24,26,28-37H2,1-5H3/p+1/b10-8-,16-14-,21-20-,27-25-. The summed E-state index contributed by atoms with van der Waals surface area (Å²) in [5.74, 6) is -0.335. The molecule has 0 saturated heterocycles. The van der Waals surface area contributed by atoms with Crippen molar-refractivity contribution in [2.24, 2.45) is 0 Å². The van der Waals surface area contributed by atoms with Gasteiger partial charge in [0.15, 0.2) is 0 Å². The second-order valence-electron chi connectivity index (χ2n) is 13.6. The van der Waals surface area contributed by atoms with E-state index >= 15 is 0 Å². The number of esters is 1. The van der Waals surface area contributed by atoms with Gasteiger partial charge in [-0.2, -0.15) is 0 Å². The monoisotopic (exact) mass is 699 g/mol. The third-order valence-corrected chi connectivity index (χ3v) is 8.64. The lowest BCUT2D eigenvalue weighted by Crippen LogP contribution is -2.37. The van der Waals surface area contributed by atoms with Gasteiger partial charge in [0.25, 0.3) is 0 Å². The quantitative estimate of drug-likeness (QED) is 0.0235. The van der Waals surface area contributed by atoms with E-state index in [0.717, 1.165) is 57.8 Å². The van der Waals surface area contributed by atoms with Crippen molar-refractivity contribution in [3.63, 3.8) is 0 Å². The van der Waals surface area contributed by atoms with E-state index in [4.69, 9.17) is 18.5 Å². The molecule has 2 unspecified atom stereocenters. The van der Waals surface area contributed by atoms with E-state index in [1.165, 1.54) is 57.8 Å². The Bertz CT molecular complexity index is 911. The minimum absolute atomic E-state index is 0.0779. The molecule has 0 aliphatic rings. The van der Waals surface area contributed by atoms with Crippen LogP contribution in [0.25, 0.3) is 0 Å². The van der Waals surface area contributed by atoms with Crippen molar-refractivity contribution in [2.75, 3.05) is 54.1 Å². The number of phosphoric ester groups is 1. The summed E-state index contributed by atoms with van der Waals surface area (Å²) >= 11 is 0. The van der Waals surface area contributed by atoms with Crippen LogP contribution in [0.5, 0.6) is 0 Å². The Labute approximate surface area is 295 Å². The maximum absolute atomic E-state index is 12.6. The highest BCUT2D eigenvalue weighted by Crippen LogP contribution is 2.43. The van der Waals surface area contributed by atoms with Crippen molar-refractivity contribution >= 4 is 13.8 Å². The molecule has 9 heteroatoms. The van der Waals surface area contributed by atoms with Crippen molar-refractivity contribution in [2.45, 2.75) is 142 Å². The molecule has 0 aromatic heterocycles. The largest absolute Gasteiger partial charge is 0.472 e. The molecule has 0 aromatic rings. The van der Waals surface area contributed by atoms with Crippen LogP contribution in [0.4, 0.5) is 0 Å². The summed E-state index contributed by atoms with van der Waals surface area (Å²) in [5.41, 5.74) is 0. The fraction of sp³-hybridized carbons (Fsp3) is 0.769. The number of ether oxygens (including phenoxy) is 2. The second-order valence-corrected chi connectivity index (χ2v) is 15.0. The summed E-state index contributed by atoms with van der Waals surface area (Å²) in [7, 11) is 1.63. The van der Waals surface area contributed by atoms with Gasteiger partial charge in [0.2, 0.25) is 0 Å². The molecule has 0 amide bonds.